The molecule has 2 atom stereocenters. The van der Waals surface area contributed by atoms with Gasteiger partial charge in [0.05, 0.1) is 13.0 Å². The molecule has 94 valence electrons. The molecule has 2 aliphatic rings. The fourth-order valence-electron chi connectivity index (χ4n) is 2.82. The van der Waals surface area contributed by atoms with E-state index in [9.17, 15) is 14.7 Å². The number of ether oxygens (including phenoxy) is 1. The minimum Gasteiger partial charge on any atom is -0.508 e. The molecular weight excluding hydrogens is 234 g/mol. The third-order valence-corrected chi connectivity index (χ3v) is 3.91. The van der Waals surface area contributed by atoms with Gasteiger partial charge in [0, 0.05) is 17.5 Å². The predicted octanol–water partition coefficient (Wildman–Crippen LogP) is 0.566. The van der Waals surface area contributed by atoms with Crippen LogP contribution in [0.1, 0.15) is 22.3 Å². The molecule has 3 rings (SSSR count). The van der Waals surface area contributed by atoms with Crippen molar-refractivity contribution in [2.75, 3.05) is 13.7 Å². The van der Waals surface area contributed by atoms with Crippen LogP contribution in [0.25, 0.3) is 0 Å². The average molecular weight is 247 g/mol. The Balaban J connectivity index is 2.07. The lowest BCUT2D eigenvalue weighted by molar-refractivity contribution is -0.142. The van der Waals surface area contributed by atoms with E-state index in [1.165, 1.54) is 13.2 Å². The summed E-state index contributed by atoms with van der Waals surface area (Å²) in [4.78, 5) is 23.4. The van der Waals surface area contributed by atoms with Crippen LogP contribution in [0.2, 0.25) is 0 Å². The smallest absolute Gasteiger partial charge is 0.309 e. The number of nitrogens with one attached hydrogen (secondary N) is 1. The predicted molar refractivity (Wildman–Crippen MR) is 62.2 cm³/mol. The van der Waals surface area contributed by atoms with Crippen LogP contribution in [0.5, 0.6) is 5.75 Å². The number of carbonyl (C=O) groups excluding carboxylic acids is 2. The molecule has 1 aliphatic heterocycles. The monoisotopic (exact) mass is 247 g/mol. The number of hydrogen-bond donors (Lipinski definition) is 2. The summed E-state index contributed by atoms with van der Waals surface area (Å²) in [5.41, 5.74) is 0.891. The van der Waals surface area contributed by atoms with Gasteiger partial charge in [0.15, 0.2) is 0 Å². The molecule has 1 amide bonds. The van der Waals surface area contributed by atoms with Crippen LogP contribution in [0.4, 0.5) is 0 Å². The van der Waals surface area contributed by atoms with Crippen molar-refractivity contribution in [3.8, 4) is 5.75 Å². The molecular formula is C13H13NO4. The highest BCUT2D eigenvalue weighted by molar-refractivity contribution is 5.99. The van der Waals surface area contributed by atoms with Gasteiger partial charge in [-0.25, -0.2) is 0 Å². The number of methoxy groups -OCH3 is 1. The van der Waals surface area contributed by atoms with Crippen LogP contribution in [-0.4, -0.2) is 30.6 Å². The second-order valence-electron chi connectivity index (χ2n) is 4.85. The number of amides is 1. The van der Waals surface area contributed by atoms with E-state index in [1.54, 1.807) is 12.1 Å². The summed E-state index contributed by atoms with van der Waals surface area (Å²) < 4.78 is 4.76. The normalized spacial score (nSPS) is 28.5. The third-order valence-electron chi connectivity index (χ3n) is 3.91. The first kappa shape index (κ1) is 11.1. The molecule has 0 radical (unpaired) electrons. The van der Waals surface area contributed by atoms with Crippen LogP contribution in [0, 0.1) is 5.92 Å². The molecule has 1 saturated carbocycles. The Morgan fingerprint density at radius 2 is 2.33 bits per heavy atom. The summed E-state index contributed by atoms with van der Waals surface area (Å²) in [5, 5.41) is 12.4. The Labute approximate surface area is 104 Å². The van der Waals surface area contributed by atoms with E-state index in [0.29, 0.717) is 18.5 Å². The Kier molecular flexibility index (Phi) is 2.14. The lowest BCUT2D eigenvalue weighted by Crippen LogP contribution is -2.41. The molecule has 5 nitrogen and oxygen atoms in total. The van der Waals surface area contributed by atoms with E-state index in [4.69, 9.17) is 4.74 Å². The first-order chi connectivity index (χ1) is 8.58. The zero-order valence-electron chi connectivity index (χ0n) is 9.90. The molecule has 2 N–H and O–H groups in total. The van der Waals surface area contributed by atoms with Crippen LogP contribution in [0.15, 0.2) is 18.2 Å². The molecule has 1 aromatic carbocycles. The topological polar surface area (TPSA) is 75.6 Å². The van der Waals surface area contributed by atoms with Crippen molar-refractivity contribution in [2.24, 2.45) is 5.92 Å². The summed E-state index contributed by atoms with van der Waals surface area (Å²) in [6.07, 6.45) is 0.649. The van der Waals surface area contributed by atoms with E-state index in [1.807, 2.05) is 0 Å². The highest BCUT2D eigenvalue weighted by Gasteiger charge is 2.62. The minimum absolute atomic E-state index is 0.110. The Morgan fingerprint density at radius 3 is 3.06 bits per heavy atom. The zero-order chi connectivity index (χ0) is 12.9. The fraction of sp³-hybridized carbons (Fsp3) is 0.385. The van der Waals surface area contributed by atoms with Gasteiger partial charge in [-0.2, -0.15) is 0 Å². The number of carbonyl (C=O) groups is 2. The number of esters is 1. The summed E-state index contributed by atoms with van der Waals surface area (Å²) in [5.74, 6) is -0.548. The Bertz CT molecular complexity index is 554. The van der Waals surface area contributed by atoms with E-state index in [2.05, 4.69) is 5.32 Å². The van der Waals surface area contributed by atoms with Gasteiger partial charge in [-0.3, -0.25) is 9.59 Å². The molecule has 5 heteroatoms. The average Bonchev–Trinajstić information content (AvgIpc) is 3.09. The van der Waals surface area contributed by atoms with Gasteiger partial charge in [-0.05, 0) is 30.2 Å². The molecule has 2 unspecified atom stereocenters. The lowest BCUT2D eigenvalue weighted by Gasteiger charge is -2.26. The first-order valence-corrected chi connectivity index (χ1v) is 5.78. The molecule has 18 heavy (non-hydrogen) atoms. The Hall–Kier alpha value is -2.04. The van der Waals surface area contributed by atoms with Crippen molar-refractivity contribution in [2.45, 2.75) is 11.8 Å². The van der Waals surface area contributed by atoms with Gasteiger partial charge in [0.25, 0.3) is 5.91 Å². The molecule has 1 spiro atoms. The second-order valence-corrected chi connectivity index (χ2v) is 4.85. The standard InChI is InChI=1S/C13H13NO4/c1-18-12(17)10-5-13(10)6-14-11(16)8-3-2-7(15)4-9(8)13/h2-4,10,15H,5-6H2,1H3,(H,14,16). The highest BCUT2D eigenvalue weighted by Crippen LogP contribution is 2.57. The number of aromatic hydroxyl groups is 1. The zero-order valence-corrected chi connectivity index (χ0v) is 9.90. The number of rotatable bonds is 1. The quantitative estimate of drug-likeness (QED) is 0.711. The number of fused-ring (bicyclic) bond motifs is 2. The molecule has 0 aromatic heterocycles. The van der Waals surface area contributed by atoms with Crippen molar-refractivity contribution in [3.05, 3.63) is 29.3 Å². The number of phenols is 1. The Morgan fingerprint density at radius 1 is 1.56 bits per heavy atom. The van der Waals surface area contributed by atoms with Gasteiger partial charge < -0.3 is 15.2 Å². The molecule has 1 fully saturated rings. The molecule has 1 aromatic rings. The van der Waals surface area contributed by atoms with Gasteiger partial charge >= 0.3 is 5.97 Å². The summed E-state index contributed by atoms with van der Waals surface area (Å²) in [7, 11) is 1.36. The number of phenolic OH excluding ortho intramolecular Hbond substituents is 1. The van der Waals surface area contributed by atoms with Gasteiger partial charge in [-0.15, -0.1) is 0 Å². The van der Waals surface area contributed by atoms with Crippen molar-refractivity contribution in [1.82, 2.24) is 5.32 Å². The maximum absolute atomic E-state index is 11.7. The minimum atomic E-state index is -0.394. The van der Waals surface area contributed by atoms with E-state index in [0.717, 1.165) is 5.56 Å². The molecule has 0 bridgehead atoms. The van der Waals surface area contributed by atoms with Crippen molar-refractivity contribution in [3.63, 3.8) is 0 Å². The maximum atomic E-state index is 11.7. The molecule has 0 saturated heterocycles. The lowest BCUT2D eigenvalue weighted by atomic mass is 9.85. The van der Waals surface area contributed by atoms with Crippen LogP contribution < -0.4 is 5.32 Å². The van der Waals surface area contributed by atoms with Gasteiger partial charge in [0.2, 0.25) is 0 Å². The highest BCUT2D eigenvalue weighted by atomic mass is 16.5. The largest absolute Gasteiger partial charge is 0.508 e. The summed E-state index contributed by atoms with van der Waals surface area (Å²) >= 11 is 0. The first-order valence-electron chi connectivity index (χ1n) is 5.78. The third kappa shape index (κ3) is 1.33. The fourth-order valence-corrected chi connectivity index (χ4v) is 2.82. The van der Waals surface area contributed by atoms with Gasteiger partial charge in [-0.1, -0.05) is 0 Å². The SMILES string of the molecule is COC(=O)C1CC12CNC(=O)c1ccc(O)cc12. The van der Waals surface area contributed by atoms with E-state index < -0.39 is 5.41 Å². The summed E-state index contributed by atoms with van der Waals surface area (Å²) in [6.45, 7) is 0.419. The van der Waals surface area contributed by atoms with E-state index >= 15 is 0 Å². The van der Waals surface area contributed by atoms with Crippen LogP contribution in [-0.2, 0) is 14.9 Å². The molecule has 1 heterocycles. The number of hydrogen-bond acceptors (Lipinski definition) is 4. The van der Waals surface area contributed by atoms with Crippen LogP contribution in [0.3, 0.4) is 0 Å². The van der Waals surface area contributed by atoms with Gasteiger partial charge in [0.1, 0.15) is 5.75 Å². The maximum Gasteiger partial charge on any atom is 0.309 e. The van der Waals surface area contributed by atoms with Crippen LogP contribution >= 0.6 is 0 Å². The van der Waals surface area contributed by atoms with E-state index in [-0.39, 0.29) is 23.5 Å². The summed E-state index contributed by atoms with van der Waals surface area (Å²) in [6, 6.07) is 4.65. The van der Waals surface area contributed by atoms with Crippen molar-refractivity contribution in [1.29, 1.82) is 0 Å². The second kappa shape index (κ2) is 3.48. The van der Waals surface area contributed by atoms with Crippen molar-refractivity contribution >= 4 is 11.9 Å². The molecule has 1 aliphatic carbocycles. The van der Waals surface area contributed by atoms with Crippen molar-refractivity contribution < 1.29 is 19.4 Å². The number of benzene rings is 1.